The molecule has 0 bridgehead atoms. The largest absolute Gasteiger partial charge is 0.478 e. The molecular weight excluding hydrogens is 469 g/mol. The first-order valence-electron chi connectivity index (χ1n) is 10.5. The van der Waals surface area contributed by atoms with Gasteiger partial charge in [-0.05, 0) is 72.3 Å². The normalized spacial score (nSPS) is 16.6. The molecule has 0 heterocycles. The van der Waals surface area contributed by atoms with Gasteiger partial charge in [0.25, 0.3) is 5.79 Å². The average Bonchev–Trinajstić information content (AvgIpc) is 2.53. The molecule has 0 spiro atoms. The lowest BCUT2D eigenvalue weighted by atomic mass is 10.3. The van der Waals surface area contributed by atoms with Crippen LogP contribution in [0.2, 0.25) is 58.9 Å². The van der Waals surface area contributed by atoms with Crippen molar-refractivity contribution in [3.05, 3.63) is 12.2 Å². The fraction of sp³-hybridized carbons (Fsp3) is 0.842. The summed E-state index contributed by atoms with van der Waals surface area (Å²) in [4.78, 5) is 15.5. The van der Waals surface area contributed by atoms with E-state index < -0.39 is 42.1 Å². The van der Waals surface area contributed by atoms with Crippen molar-refractivity contribution in [2.45, 2.75) is 90.4 Å². The number of ether oxygens (including phenoxy) is 1. The Morgan fingerprint density at radius 3 is 1.65 bits per heavy atom. The third-order valence-electron chi connectivity index (χ3n) is 3.25. The maximum atomic E-state index is 10.4. The Morgan fingerprint density at radius 1 is 0.968 bits per heavy atom. The molecule has 0 aromatic carbocycles. The van der Waals surface area contributed by atoms with Crippen LogP contribution in [0.15, 0.2) is 12.2 Å². The zero-order valence-corrected chi connectivity index (χ0v) is 26.7. The quantitative estimate of drug-likeness (QED) is 0.127. The lowest BCUT2D eigenvalue weighted by Crippen LogP contribution is -2.68. The summed E-state index contributed by atoms with van der Waals surface area (Å²) in [6, 6.07) is 0. The molecule has 2 atom stereocenters. The van der Waals surface area contributed by atoms with Crippen LogP contribution in [0.5, 0.6) is 0 Å². The number of aliphatic hydroxyl groups excluding tert-OH is 1. The smallest absolute Gasteiger partial charge is 0.330 e. The van der Waals surface area contributed by atoms with E-state index in [0.717, 1.165) is 6.42 Å². The van der Waals surface area contributed by atoms with Crippen LogP contribution >= 0.6 is 0 Å². The second kappa shape index (κ2) is 12.9. The van der Waals surface area contributed by atoms with Gasteiger partial charge in [-0.15, -0.1) is 0 Å². The highest BCUT2D eigenvalue weighted by atomic mass is 28.4. The van der Waals surface area contributed by atoms with E-state index in [9.17, 15) is 9.90 Å². The molecule has 2 N–H and O–H groups in total. The second-order valence-corrected chi connectivity index (χ2v) is 25.1. The van der Waals surface area contributed by atoms with Gasteiger partial charge in [0.1, 0.15) is 6.61 Å². The molecule has 0 amide bonds. The monoisotopic (exact) mass is 514 g/mol. The molecule has 186 valence electrons. The third-order valence-corrected chi connectivity index (χ3v) is 7.44. The van der Waals surface area contributed by atoms with Crippen LogP contribution in [0.4, 0.5) is 0 Å². The first kappa shape index (κ1) is 33.0. The van der Waals surface area contributed by atoms with Crippen molar-refractivity contribution in [3.8, 4) is 0 Å². The highest BCUT2D eigenvalue weighted by Crippen LogP contribution is 2.36. The van der Waals surface area contributed by atoms with Crippen LogP contribution in [0, 0.1) is 0 Å². The Balaban J connectivity index is 0. The van der Waals surface area contributed by atoms with E-state index in [-0.39, 0.29) is 12.2 Å². The average molecular weight is 515 g/mol. The SMILES string of the molecule is C=C(C)C(=O)O.CCCOC([SiH3])(O[Si](C)(C)C)C(CO)(OO[Si](C)(C)C)O[Si](C)(C)C. The van der Waals surface area contributed by atoms with Crippen LogP contribution in [0.3, 0.4) is 0 Å². The molecule has 0 fully saturated rings. The summed E-state index contributed by atoms with van der Waals surface area (Å²) in [5.41, 5.74) is -0.961. The molecule has 8 nitrogen and oxygen atoms in total. The number of rotatable bonds is 13. The van der Waals surface area contributed by atoms with Gasteiger partial charge in [0.2, 0.25) is 8.32 Å². The van der Waals surface area contributed by atoms with Gasteiger partial charge in [-0.3, -0.25) is 4.58 Å². The van der Waals surface area contributed by atoms with Crippen LogP contribution in [-0.4, -0.2) is 75.8 Å². The number of aliphatic hydroxyl groups is 1. The molecule has 0 rings (SSSR count). The standard InChI is InChI=1S/C15H40O6Si4.C4H6O2/c1-11-12-17-15(22,20-24(5,6)7)14(13-16,19-23(2,3)4)18-21-25(8,9)10;1-3(2)4(5)6/h16H,11-13H2,1-10,22H3;1H2,2H3,(H,5,6). The lowest BCUT2D eigenvalue weighted by molar-refractivity contribution is -0.438. The zero-order chi connectivity index (χ0) is 25.3. The molecular formula is C19H46O8Si4. The highest BCUT2D eigenvalue weighted by Gasteiger charge is 2.57. The van der Waals surface area contributed by atoms with Gasteiger partial charge in [0.15, 0.2) is 22.0 Å². The molecule has 0 aromatic rings. The van der Waals surface area contributed by atoms with Gasteiger partial charge < -0.3 is 23.8 Å². The molecule has 12 heteroatoms. The summed E-state index contributed by atoms with van der Waals surface area (Å²) in [7, 11) is -5.66. The van der Waals surface area contributed by atoms with Crippen LogP contribution in [0.25, 0.3) is 0 Å². The van der Waals surface area contributed by atoms with Crippen molar-refractivity contribution in [2.75, 3.05) is 13.2 Å². The van der Waals surface area contributed by atoms with Crippen molar-refractivity contribution >= 4 is 41.2 Å². The highest BCUT2D eigenvalue weighted by molar-refractivity contribution is 6.71. The van der Waals surface area contributed by atoms with Gasteiger partial charge in [-0.25, -0.2) is 9.68 Å². The van der Waals surface area contributed by atoms with Gasteiger partial charge in [-0.1, -0.05) is 13.5 Å². The van der Waals surface area contributed by atoms with E-state index in [1.54, 1.807) is 0 Å². The van der Waals surface area contributed by atoms with Crippen molar-refractivity contribution in [3.63, 3.8) is 0 Å². The molecule has 0 aliphatic carbocycles. The molecule has 0 aliphatic heterocycles. The summed E-state index contributed by atoms with van der Waals surface area (Å²) < 4.78 is 24.6. The first-order valence-corrected chi connectivity index (χ1v) is 21.8. The minimum Gasteiger partial charge on any atom is -0.478 e. The maximum Gasteiger partial charge on any atom is 0.330 e. The van der Waals surface area contributed by atoms with Crippen molar-refractivity contribution in [1.29, 1.82) is 0 Å². The predicted octanol–water partition coefficient (Wildman–Crippen LogP) is 3.25. The lowest BCUT2D eigenvalue weighted by Gasteiger charge is -2.50. The Labute approximate surface area is 195 Å². The van der Waals surface area contributed by atoms with Crippen LogP contribution in [-0.2, 0) is 27.8 Å². The molecule has 0 aliphatic rings. The number of carboxylic acids is 1. The van der Waals surface area contributed by atoms with E-state index in [1.165, 1.54) is 6.92 Å². The summed E-state index contributed by atoms with van der Waals surface area (Å²) >= 11 is 0. The second-order valence-electron chi connectivity index (χ2n) is 10.5. The van der Waals surface area contributed by atoms with E-state index in [4.69, 9.17) is 28.2 Å². The molecule has 0 saturated carbocycles. The van der Waals surface area contributed by atoms with Gasteiger partial charge >= 0.3 is 5.97 Å². The van der Waals surface area contributed by atoms with E-state index in [0.29, 0.717) is 16.8 Å². The number of carboxylic acid groups (broad SMARTS) is 1. The molecule has 0 saturated heterocycles. The third kappa shape index (κ3) is 14.6. The van der Waals surface area contributed by atoms with Crippen molar-refractivity contribution < 1.29 is 38.1 Å². The summed E-state index contributed by atoms with van der Waals surface area (Å²) in [6.45, 7) is 25.2. The number of carbonyl (C=O) groups is 1. The van der Waals surface area contributed by atoms with Crippen LogP contribution in [0.1, 0.15) is 20.3 Å². The molecule has 0 aromatic heterocycles. The van der Waals surface area contributed by atoms with Crippen molar-refractivity contribution in [2.24, 2.45) is 0 Å². The molecule has 2 unspecified atom stereocenters. The number of hydrogen-bond donors (Lipinski definition) is 2. The Bertz CT molecular complexity index is 557. The van der Waals surface area contributed by atoms with Gasteiger partial charge in [0.05, 0.1) is 10.2 Å². The fourth-order valence-electron chi connectivity index (χ4n) is 2.17. The van der Waals surface area contributed by atoms with E-state index >= 15 is 0 Å². The Kier molecular flexibility index (Phi) is 13.8. The minimum atomic E-state index is -2.11. The Hall–Kier alpha value is -0.162. The van der Waals surface area contributed by atoms with Gasteiger partial charge in [-0.2, -0.15) is 0 Å². The van der Waals surface area contributed by atoms with E-state index in [2.05, 4.69) is 26.2 Å². The number of hydrogen-bond acceptors (Lipinski definition) is 7. The summed E-state index contributed by atoms with van der Waals surface area (Å²) in [5.74, 6) is -2.41. The predicted molar refractivity (Wildman–Crippen MR) is 136 cm³/mol. The fourth-order valence-corrected chi connectivity index (χ4v) is 7.80. The van der Waals surface area contributed by atoms with Crippen molar-refractivity contribution in [1.82, 2.24) is 0 Å². The van der Waals surface area contributed by atoms with Crippen LogP contribution < -0.4 is 0 Å². The van der Waals surface area contributed by atoms with Gasteiger partial charge in [0, 0.05) is 12.2 Å². The maximum absolute atomic E-state index is 10.4. The minimum absolute atomic E-state index is 0.176. The first-order chi connectivity index (χ1) is 13.6. The number of aliphatic carboxylic acids is 1. The topological polar surface area (TPSA) is 104 Å². The zero-order valence-electron chi connectivity index (χ0n) is 21.7. The Morgan fingerprint density at radius 2 is 1.39 bits per heavy atom. The molecule has 31 heavy (non-hydrogen) atoms. The summed E-state index contributed by atoms with van der Waals surface area (Å²) in [5, 5.41) is 18.2. The van der Waals surface area contributed by atoms with E-state index in [1.807, 2.05) is 46.2 Å². The summed E-state index contributed by atoms with van der Waals surface area (Å²) in [6.07, 6.45) is 0.836. The molecule has 0 radical (unpaired) electrons.